The van der Waals surface area contributed by atoms with E-state index in [4.69, 9.17) is 4.74 Å². The monoisotopic (exact) mass is 433 g/mol. The third-order valence-corrected chi connectivity index (χ3v) is 5.95. The van der Waals surface area contributed by atoms with Gasteiger partial charge in [0.25, 0.3) is 0 Å². The second-order valence-corrected chi connectivity index (χ2v) is 10.0. The Morgan fingerprint density at radius 1 is 0.839 bits per heavy atom. The summed E-state index contributed by atoms with van der Waals surface area (Å²) in [5.41, 5.74) is -0.124. The van der Waals surface area contributed by atoms with Gasteiger partial charge in [0.2, 0.25) is 5.43 Å². The normalized spacial score (nSPS) is 11.6. The van der Waals surface area contributed by atoms with Crippen LogP contribution in [-0.4, -0.2) is 10.5 Å². The third kappa shape index (κ3) is 11.6. The number of nitrogens with zero attached hydrogens (tertiary/aromatic N) is 1. The first-order valence-electron chi connectivity index (χ1n) is 12.7. The zero-order valence-electron chi connectivity index (χ0n) is 20.9. The summed E-state index contributed by atoms with van der Waals surface area (Å²) in [7, 11) is 0. The minimum absolute atomic E-state index is 0.174. The second kappa shape index (κ2) is 15.3. The fraction of sp³-hybridized carbons (Fsp3) is 0.778. The molecule has 1 rings (SSSR count). The van der Waals surface area contributed by atoms with Crippen LogP contribution in [0.1, 0.15) is 123 Å². The molecular weight excluding hydrogens is 386 g/mol. The Labute approximate surface area is 190 Å². The van der Waals surface area contributed by atoms with Gasteiger partial charge < -0.3 is 9.30 Å². The molecule has 178 valence electrons. The van der Waals surface area contributed by atoms with Crippen molar-refractivity contribution in [2.75, 3.05) is 0 Å². The van der Waals surface area contributed by atoms with Crippen LogP contribution in [0.15, 0.2) is 17.1 Å². The highest BCUT2D eigenvalue weighted by molar-refractivity contribution is 5.78. The molecule has 0 N–H and O–H groups in total. The van der Waals surface area contributed by atoms with E-state index in [2.05, 4.69) is 6.92 Å². The molecule has 0 aromatic carbocycles. The van der Waals surface area contributed by atoms with Gasteiger partial charge in [0.05, 0.1) is 11.1 Å². The predicted octanol–water partition coefficient (Wildman–Crippen LogP) is 7.59. The summed E-state index contributed by atoms with van der Waals surface area (Å²) in [6.45, 7) is 10.4. The molecule has 0 aliphatic rings. The summed E-state index contributed by atoms with van der Waals surface area (Å²) in [5.74, 6) is -0.199. The van der Waals surface area contributed by atoms with Crippen molar-refractivity contribution in [1.82, 2.24) is 4.57 Å². The SMILES string of the molecule is CCCCCCCCCCCCCCCCn1ccc(=O)c(OC(=O)C(C)(C)C)c1C. The average molecular weight is 434 g/mol. The Kier molecular flexibility index (Phi) is 13.5. The maximum atomic E-state index is 12.2. The Bertz CT molecular complexity index is 685. The number of aryl methyl sites for hydroxylation is 1. The van der Waals surface area contributed by atoms with E-state index in [0.29, 0.717) is 0 Å². The highest BCUT2D eigenvalue weighted by Crippen LogP contribution is 2.20. The zero-order valence-corrected chi connectivity index (χ0v) is 20.9. The maximum absolute atomic E-state index is 12.2. The van der Waals surface area contributed by atoms with Crippen molar-refractivity contribution in [3.05, 3.63) is 28.2 Å². The molecule has 4 nitrogen and oxygen atoms in total. The zero-order chi connectivity index (χ0) is 23.1. The highest BCUT2D eigenvalue weighted by Gasteiger charge is 2.25. The van der Waals surface area contributed by atoms with Gasteiger partial charge in [-0.15, -0.1) is 0 Å². The lowest BCUT2D eigenvalue weighted by Gasteiger charge is -2.19. The van der Waals surface area contributed by atoms with E-state index in [0.717, 1.165) is 18.7 Å². The Morgan fingerprint density at radius 3 is 1.74 bits per heavy atom. The van der Waals surface area contributed by atoms with Crippen molar-refractivity contribution in [2.45, 2.75) is 131 Å². The number of esters is 1. The van der Waals surface area contributed by atoms with Crippen LogP contribution in [0.5, 0.6) is 5.75 Å². The first-order chi connectivity index (χ1) is 14.8. The fourth-order valence-electron chi connectivity index (χ4n) is 3.74. The molecule has 0 saturated heterocycles. The first-order valence-corrected chi connectivity index (χ1v) is 12.7. The lowest BCUT2D eigenvalue weighted by atomic mass is 9.97. The molecular formula is C27H47NO3. The Morgan fingerprint density at radius 2 is 1.29 bits per heavy atom. The van der Waals surface area contributed by atoms with E-state index < -0.39 is 5.41 Å². The van der Waals surface area contributed by atoms with E-state index in [9.17, 15) is 9.59 Å². The predicted molar refractivity (Wildman–Crippen MR) is 131 cm³/mol. The number of rotatable bonds is 16. The lowest BCUT2D eigenvalue weighted by molar-refractivity contribution is -0.143. The summed E-state index contributed by atoms with van der Waals surface area (Å²) in [6, 6.07) is 1.50. The van der Waals surface area contributed by atoms with Crippen LogP contribution in [0.4, 0.5) is 0 Å². The van der Waals surface area contributed by atoms with Gasteiger partial charge in [-0.25, -0.2) is 0 Å². The van der Waals surface area contributed by atoms with Crippen LogP contribution in [0.3, 0.4) is 0 Å². The number of pyridine rings is 1. The Balaban J connectivity index is 2.19. The second-order valence-electron chi connectivity index (χ2n) is 10.0. The molecule has 0 amide bonds. The molecule has 0 unspecified atom stereocenters. The van der Waals surface area contributed by atoms with Crippen molar-refractivity contribution in [3.8, 4) is 5.75 Å². The molecule has 1 aromatic heterocycles. The largest absolute Gasteiger partial charge is 0.420 e. The number of hydrogen-bond donors (Lipinski definition) is 0. The molecule has 31 heavy (non-hydrogen) atoms. The average Bonchev–Trinajstić information content (AvgIpc) is 2.71. The van der Waals surface area contributed by atoms with E-state index in [1.165, 1.54) is 89.5 Å². The van der Waals surface area contributed by atoms with Crippen molar-refractivity contribution >= 4 is 5.97 Å². The molecule has 0 aliphatic heterocycles. The minimum Gasteiger partial charge on any atom is -0.420 e. The highest BCUT2D eigenvalue weighted by atomic mass is 16.5. The summed E-state index contributed by atoms with van der Waals surface area (Å²) in [5, 5.41) is 0. The van der Waals surface area contributed by atoms with Gasteiger partial charge in [-0.1, -0.05) is 90.4 Å². The number of unbranched alkanes of at least 4 members (excludes halogenated alkanes) is 13. The van der Waals surface area contributed by atoms with E-state index in [-0.39, 0.29) is 17.1 Å². The van der Waals surface area contributed by atoms with Crippen molar-refractivity contribution < 1.29 is 9.53 Å². The number of hydrogen-bond acceptors (Lipinski definition) is 3. The summed E-state index contributed by atoms with van der Waals surface area (Å²) >= 11 is 0. The van der Waals surface area contributed by atoms with Gasteiger partial charge in [0.1, 0.15) is 0 Å². The van der Waals surface area contributed by atoms with Gasteiger partial charge in [0.15, 0.2) is 5.75 Å². The molecule has 0 aliphatic carbocycles. The van der Waals surface area contributed by atoms with Crippen LogP contribution in [0.2, 0.25) is 0 Å². The molecule has 0 spiro atoms. The summed E-state index contributed by atoms with van der Waals surface area (Å²) in [4.78, 5) is 24.3. The molecule has 0 fully saturated rings. The quantitative estimate of drug-likeness (QED) is 0.199. The molecule has 1 heterocycles. The smallest absolute Gasteiger partial charge is 0.316 e. The van der Waals surface area contributed by atoms with E-state index in [1.807, 2.05) is 17.7 Å². The molecule has 4 heteroatoms. The number of ether oxygens (including phenoxy) is 1. The maximum Gasteiger partial charge on any atom is 0.316 e. The van der Waals surface area contributed by atoms with Crippen LogP contribution >= 0.6 is 0 Å². The van der Waals surface area contributed by atoms with Gasteiger partial charge in [-0.05, 0) is 34.1 Å². The van der Waals surface area contributed by atoms with Gasteiger partial charge >= 0.3 is 5.97 Å². The summed E-state index contributed by atoms with van der Waals surface area (Å²) in [6.07, 6.45) is 20.6. The fourth-order valence-corrected chi connectivity index (χ4v) is 3.74. The topological polar surface area (TPSA) is 48.3 Å². The number of carbonyl (C=O) groups excluding carboxylic acids is 1. The van der Waals surface area contributed by atoms with Crippen molar-refractivity contribution in [3.63, 3.8) is 0 Å². The van der Waals surface area contributed by atoms with Crippen LogP contribution in [0, 0.1) is 12.3 Å². The van der Waals surface area contributed by atoms with Gasteiger partial charge in [-0.3, -0.25) is 9.59 Å². The van der Waals surface area contributed by atoms with Crippen molar-refractivity contribution in [2.24, 2.45) is 5.41 Å². The van der Waals surface area contributed by atoms with Crippen LogP contribution in [-0.2, 0) is 11.3 Å². The van der Waals surface area contributed by atoms with Gasteiger partial charge in [0, 0.05) is 18.8 Å². The molecule has 0 saturated carbocycles. The van der Waals surface area contributed by atoms with E-state index in [1.54, 1.807) is 20.8 Å². The number of carbonyl (C=O) groups is 1. The number of aromatic nitrogens is 1. The minimum atomic E-state index is -0.631. The molecule has 0 atom stereocenters. The van der Waals surface area contributed by atoms with Crippen LogP contribution in [0.25, 0.3) is 0 Å². The molecule has 0 bridgehead atoms. The van der Waals surface area contributed by atoms with Crippen molar-refractivity contribution in [1.29, 1.82) is 0 Å². The molecule has 1 aromatic rings. The lowest BCUT2D eigenvalue weighted by Crippen LogP contribution is -2.28. The standard InChI is InChI=1S/C27H47NO3/c1-6-7-8-9-10-11-12-13-14-15-16-17-18-19-21-28-22-20-24(29)25(23(28)2)31-26(30)27(3,4)5/h20,22H,6-19,21H2,1-5H3. The Hall–Kier alpha value is -1.58. The summed E-state index contributed by atoms with van der Waals surface area (Å²) < 4.78 is 7.47. The van der Waals surface area contributed by atoms with E-state index >= 15 is 0 Å². The first kappa shape index (κ1) is 27.5. The third-order valence-electron chi connectivity index (χ3n) is 5.95. The van der Waals surface area contributed by atoms with Crippen LogP contribution < -0.4 is 10.2 Å². The molecule has 0 radical (unpaired) electrons. The van der Waals surface area contributed by atoms with Gasteiger partial charge in [-0.2, -0.15) is 0 Å².